The zero-order valence-corrected chi connectivity index (χ0v) is 10.4. The maximum Gasteiger partial charge on any atom is 0.338 e. The number of carbonyl (C=O) groups is 2. The maximum atomic E-state index is 11.6. The molecule has 0 fully saturated rings. The Morgan fingerprint density at radius 2 is 2.11 bits per heavy atom. The van der Waals surface area contributed by atoms with Crippen molar-refractivity contribution in [1.82, 2.24) is 0 Å². The van der Waals surface area contributed by atoms with E-state index in [1.165, 1.54) is 0 Å². The fourth-order valence-corrected chi connectivity index (χ4v) is 1.86. The molecule has 0 saturated carbocycles. The van der Waals surface area contributed by atoms with Crippen molar-refractivity contribution in [3.8, 4) is 0 Å². The van der Waals surface area contributed by atoms with Crippen LogP contribution in [0.25, 0.3) is 0 Å². The first-order chi connectivity index (χ1) is 8.44. The van der Waals surface area contributed by atoms with Gasteiger partial charge in [-0.1, -0.05) is 24.8 Å². The lowest BCUT2D eigenvalue weighted by Gasteiger charge is -2.34. The predicted octanol–water partition coefficient (Wildman–Crippen LogP) is 2.19. The van der Waals surface area contributed by atoms with Crippen LogP contribution in [-0.4, -0.2) is 18.5 Å². The normalized spacial score (nSPS) is 21.8. The first-order valence-electron chi connectivity index (χ1n) is 5.59. The minimum Gasteiger partial charge on any atom is -0.457 e. The number of fused-ring (bicyclic) bond motifs is 1. The summed E-state index contributed by atoms with van der Waals surface area (Å²) in [4.78, 5) is 23.3. The average molecular weight is 246 g/mol. The van der Waals surface area contributed by atoms with Crippen LogP contribution in [0.2, 0.25) is 0 Å². The van der Waals surface area contributed by atoms with Gasteiger partial charge in [0, 0.05) is 11.1 Å². The van der Waals surface area contributed by atoms with Gasteiger partial charge in [-0.2, -0.15) is 0 Å². The highest BCUT2D eigenvalue weighted by molar-refractivity contribution is 5.93. The molecule has 2 rings (SSSR count). The molecule has 4 heteroatoms. The Kier molecular flexibility index (Phi) is 2.95. The molecule has 0 N–H and O–H groups in total. The second kappa shape index (κ2) is 4.29. The molecule has 1 unspecified atom stereocenters. The zero-order valence-electron chi connectivity index (χ0n) is 10.4. The summed E-state index contributed by atoms with van der Waals surface area (Å²) in [6.45, 7) is 6.85. The summed E-state index contributed by atoms with van der Waals surface area (Å²) in [5.74, 6) is -0.889. The number of hydrogen-bond donors (Lipinski definition) is 0. The molecule has 4 nitrogen and oxygen atoms in total. The van der Waals surface area contributed by atoms with Crippen molar-refractivity contribution in [1.29, 1.82) is 0 Å². The Labute approximate surface area is 105 Å². The molecule has 1 heterocycles. The summed E-state index contributed by atoms with van der Waals surface area (Å²) in [7, 11) is 0. The van der Waals surface area contributed by atoms with Gasteiger partial charge in [-0.3, -0.25) is 0 Å². The van der Waals surface area contributed by atoms with E-state index < -0.39 is 17.5 Å². The Hall–Kier alpha value is -2.10. The average Bonchev–Trinajstić information content (AvgIpc) is 2.35. The van der Waals surface area contributed by atoms with Gasteiger partial charge in [0.2, 0.25) is 0 Å². The monoisotopic (exact) mass is 246 g/mol. The lowest BCUT2D eigenvalue weighted by atomic mass is 9.89. The van der Waals surface area contributed by atoms with Crippen LogP contribution in [0.5, 0.6) is 0 Å². The first-order valence-corrected chi connectivity index (χ1v) is 5.59. The number of rotatable bonds is 2. The van der Waals surface area contributed by atoms with Crippen LogP contribution < -0.4 is 0 Å². The lowest BCUT2D eigenvalue weighted by Crippen LogP contribution is -2.40. The first kappa shape index (κ1) is 12.4. The molecule has 1 aliphatic rings. The zero-order chi connectivity index (χ0) is 13.3. The van der Waals surface area contributed by atoms with Crippen molar-refractivity contribution >= 4 is 11.9 Å². The molecule has 1 atom stereocenters. The second-order valence-corrected chi connectivity index (χ2v) is 4.52. The largest absolute Gasteiger partial charge is 0.457 e. The topological polar surface area (TPSA) is 52.6 Å². The molecule has 1 aromatic carbocycles. The molecule has 1 aliphatic heterocycles. The van der Waals surface area contributed by atoms with E-state index in [9.17, 15) is 9.59 Å². The van der Waals surface area contributed by atoms with Crippen LogP contribution in [-0.2, 0) is 19.9 Å². The fraction of sp³-hybridized carbons (Fsp3) is 0.286. The van der Waals surface area contributed by atoms with E-state index in [-0.39, 0.29) is 6.61 Å². The van der Waals surface area contributed by atoms with Crippen molar-refractivity contribution in [2.24, 2.45) is 0 Å². The molecular formula is C14H14O4. The van der Waals surface area contributed by atoms with E-state index in [2.05, 4.69) is 6.58 Å². The Morgan fingerprint density at radius 1 is 1.44 bits per heavy atom. The van der Waals surface area contributed by atoms with Gasteiger partial charge in [0.25, 0.3) is 0 Å². The lowest BCUT2D eigenvalue weighted by molar-refractivity contribution is -0.160. The van der Waals surface area contributed by atoms with Crippen LogP contribution >= 0.6 is 0 Å². The highest BCUT2D eigenvalue weighted by Gasteiger charge is 2.40. The standard InChI is InChI=1S/C14H14O4/c1-9(2)12(15)18-14(3)8-17-13(16)10-6-4-5-7-11(10)14/h4-7H,1,8H2,2-3H3. The predicted molar refractivity (Wildman–Crippen MR) is 65.0 cm³/mol. The van der Waals surface area contributed by atoms with Crippen LogP contribution in [0.4, 0.5) is 0 Å². The maximum absolute atomic E-state index is 11.6. The molecule has 0 spiro atoms. The number of esters is 2. The third kappa shape index (κ3) is 2.01. The number of ether oxygens (including phenoxy) is 2. The van der Waals surface area contributed by atoms with Gasteiger partial charge in [-0.05, 0) is 19.9 Å². The van der Waals surface area contributed by atoms with Crippen molar-refractivity contribution < 1.29 is 19.1 Å². The summed E-state index contributed by atoms with van der Waals surface area (Å²) in [5, 5.41) is 0. The summed E-state index contributed by atoms with van der Waals surface area (Å²) >= 11 is 0. The second-order valence-electron chi connectivity index (χ2n) is 4.52. The van der Waals surface area contributed by atoms with E-state index in [4.69, 9.17) is 9.47 Å². The van der Waals surface area contributed by atoms with Gasteiger partial charge in [-0.25, -0.2) is 9.59 Å². The van der Waals surface area contributed by atoms with Crippen LogP contribution in [0.1, 0.15) is 29.8 Å². The third-order valence-electron chi connectivity index (χ3n) is 2.86. The number of cyclic esters (lactones) is 1. The number of carbonyl (C=O) groups excluding carboxylic acids is 2. The highest BCUT2D eigenvalue weighted by Crippen LogP contribution is 2.33. The molecule has 1 aromatic rings. The fourth-order valence-electron chi connectivity index (χ4n) is 1.86. The molecule has 18 heavy (non-hydrogen) atoms. The SMILES string of the molecule is C=C(C)C(=O)OC1(C)COC(=O)c2ccccc21. The minimum atomic E-state index is -0.958. The van der Waals surface area contributed by atoms with E-state index in [1.807, 2.05) is 0 Å². The van der Waals surface area contributed by atoms with E-state index in [1.54, 1.807) is 38.1 Å². The molecule has 0 saturated heterocycles. The molecule has 94 valence electrons. The van der Waals surface area contributed by atoms with E-state index in [0.29, 0.717) is 16.7 Å². The van der Waals surface area contributed by atoms with Gasteiger partial charge >= 0.3 is 11.9 Å². The van der Waals surface area contributed by atoms with Gasteiger partial charge in [0.15, 0.2) is 5.60 Å². The van der Waals surface area contributed by atoms with Crippen molar-refractivity contribution in [3.63, 3.8) is 0 Å². The van der Waals surface area contributed by atoms with Gasteiger partial charge < -0.3 is 9.47 Å². The molecule has 0 amide bonds. The van der Waals surface area contributed by atoms with Crippen LogP contribution in [0.3, 0.4) is 0 Å². The van der Waals surface area contributed by atoms with Gasteiger partial charge in [0.05, 0.1) is 5.56 Å². The molecule has 0 aliphatic carbocycles. The summed E-state index contributed by atoms with van der Waals surface area (Å²) in [5.41, 5.74) is 0.447. The number of hydrogen-bond acceptors (Lipinski definition) is 4. The summed E-state index contributed by atoms with van der Waals surface area (Å²) in [6, 6.07) is 6.96. The molecule has 0 radical (unpaired) electrons. The van der Waals surface area contributed by atoms with Crippen molar-refractivity contribution in [2.75, 3.05) is 6.61 Å². The smallest absolute Gasteiger partial charge is 0.338 e. The Balaban J connectivity index is 2.41. The highest BCUT2D eigenvalue weighted by atomic mass is 16.6. The van der Waals surface area contributed by atoms with Gasteiger partial charge in [0.1, 0.15) is 6.61 Å². The van der Waals surface area contributed by atoms with Crippen LogP contribution in [0.15, 0.2) is 36.4 Å². The minimum absolute atomic E-state index is 0.0157. The van der Waals surface area contributed by atoms with E-state index in [0.717, 1.165) is 0 Å². The number of benzene rings is 1. The molecule has 0 aromatic heterocycles. The van der Waals surface area contributed by atoms with Gasteiger partial charge in [-0.15, -0.1) is 0 Å². The van der Waals surface area contributed by atoms with Crippen LogP contribution in [0, 0.1) is 0 Å². The van der Waals surface area contributed by atoms with E-state index >= 15 is 0 Å². The molecule has 0 bridgehead atoms. The summed E-state index contributed by atoms with van der Waals surface area (Å²) in [6.07, 6.45) is 0. The van der Waals surface area contributed by atoms with Crippen molar-refractivity contribution in [3.05, 3.63) is 47.5 Å². The quantitative estimate of drug-likeness (QED) is 0.593. The molecular weight excluding hydrogens is 232 g/mol. The summed E-state index contributed by atoms with van der Waals surface area (Å²) < 4.78 is 10.5. The Bertz CT molecular complexity index is 532. The van der Waals surface area contributed by atoms with Crippen molar-refractivity contribution in [2.45, 2.75) is 19.4 Å². The Morgan fingerprint density at radius 3 is 2.78 bits per heavy atom. The third-order valence-corrected chi connectivity index (χ3v) is 2.86.